The lowest BCUT2D eigenvalue weighted by atomic mass is 9.95. The van der Waals surface area contributed by atoms with Gasteiger partial charge >= 0.3 is 6.18 Å². The number of morpholine rings is 1. The van der Waals surface area contributed by atoms with E-state index in [1.54, 1.807) is 24.3 Å². The lowest BCUT2D eigenvalue weighted by molar-refractivity contribution is -0.137. The van der Waals surface area contributed by atoms with Crippen LogP contribution in [0.2, 0.25) is 0 Å². The molecule has 3 aliphatic rings. The highest BCUT2D eigenvalue weighted by molar-refractivity contribution is 7.92. The molecule has 3 aromatic rings. The Balaban J connectivity index is 1.21. The van der Waals surface area contributed by atoms with E-state index in [4.69, 9.17) is 9.47 Å². The first-order valence-corrected chi connectivity index (χ1v) is 16.2. The van der Waals surface area contributed by atoms with Gasteiger partial charge in [0.05, 0.1) is 48.1 Å². The zero-order valence-electron chi connectivity index (χ0n) is 24.1. The van der Waals surface area contributed by atoms with Crippen LogP contribution in [0.5, 0.6) is 5.75 Å². The van der Waals surface area contributed by atoms with Crippen molar-refractivity contribution in [1.82, 2.24) is 10.2 Å². The Morgan fingerprint density at radius 2 is 1.75 bits per heavy atom. The van der Waals surface area contributed by atoms with Crippen LogP contribution in [-0.4, -0.2) is 58.2 Å². The number of carbonyl (C=O) groups excluding carboxylic acids is 1. The van der Waals surface area contributed by atoms with Crippen LogP contribution >= 0.6 is 0 Å². The van der Waals surface area contributed by atoms with Crippen molar-refractivity contribution in [3.8, 4) is 5.75 Å². The van der Waals surface area contributed by atoms with Gasteiger partial charge in [0.1, 0.15) is 5.75 Å². The number of ether oxygens (including phenoxy) is 2. The molecule has 0 aliphatic carbocycles. The third kappa shape index (κ3) is 6.43. The normalized spacial score (nSPS) is 20.8. The van der Waals surface area contributed by atoms with E-state index in [-0.39, 0.29) is 18.4 Å². The van der Waals surface area contributed by atoms with Crippen molar-refractivity contribution in [3.63, 3.8) is 0 Å². The van der Waals surface area contributed by atoms with Crippen LogP contribution in [0.1, 0.15) is 47.6 Å². The Morgan fingerprint density at radius 3 is 2.55 bits per heavy atom. The number of nitrogens with one attached hydrogen (secondary N) is 1. The predicted molar refractivity (Wildman–Crippen MR) is 158 cm³/mol. The molecule has 0 unspecified atom stereocenters. The van der Waals surface area contributed by atoms with Gasteiger partial charge in [-0.05, 0) is 54.3 Å². The molecular formula is C32H34F3N3O5S. The third-order valence-corrected chi connectivity index (χ3v) is 10.3. The summed E-state index contributed by atoms with van der Waals surface area (Å²) in [4.78, 5) is 15.3. The van der Waals surface area contributed by atoms with Gasteiger partial charge in [0.2, 0.25) is 5.91 Å². The molecule has 6 rings (SSSR count). The number of fused-ring (bicyclic) bond motifs is 2. The molecule has 0 bridgehead atoms. The van der Waals surface area contributed by atoms with Crippen molar-refractivity contribution in [1.29, 1.82) is 0 Å². The van der Waals surface area contributed by atoms with Crippen LogP contribution in [-0.2, 0) is 38.7 Å². The van der Waals surface area contributed by atoms with Crippen LogP contribution < -0.4 is 14.4 Å². The fraction of sp³-hybridized carbons (Fsp3) is 0.406. The molecule has 0 saturated carbocycles. The second kappa shape index (κ2) is 12.4. The highest BCUT2D eigenvalue weighted by atomic mass is 32.2. The predicted octanol–water partition coefficient (Wildman–Crippen LogP) is 5.08. The number of aryl methyl sites for hydroxylation is 1. The molecule has 0 radical (unpaired) electrons. The Hall–Kier alpha value is -3.61. The summed E-state index contributed by atoms with van der Waals surface area (Å²) in [5.74, 6) is 0.376. The van der Waals surface area contributed by atoms with E-state index in [2.05, 4.69) is 10.2 Å². The van der Waals surface area contributed by atoms with Gasteiger partial charge in [-0.25, -0.2) is 8.42 Å². The average molecular weight is 630 g/mol. The molecule has 12 heteroatoms. The van der Waals surface area contributed by atoms with E-state index in [0.29, 0.717) is 56.6 Å². The summed E-state index contributed by atoms with van der Waals surface area (Å²) in [5.41, 5.74) is 2.04. The fourth-order valence-corrected chi connectivity index (χ4v) is 7.96. The molecule has 1 amide bonds. The van der Waals surface area contributed by atoms with Crippen molar-refractivity contribution in [2.24, 2.45) is 0 Å². The highest BCUT2D eigenvalue weighted by Crippen LogP contribution is 2.39. The van der Waals surface area contributed by atoms with Gasteiger partial charge in [-0.1, -0.05) is 36.4 Å². The van der Waals surface area contributed by atoms with Crippen LogP contribution in [0.25, 0.3) is 0 Å². The maximum absolute atomic E-state index is 13.9. The lowest BCUT2D eigenvalue weighted by Crippen LogP contribution is -2.46. The number of para-hydroxylation sites is 1. The molecule has 3 heterocycles. The zero-order chi connectivity index (χ0) is 30.9. The maximum atomic E-state index is 13.9. The number of nitrogens with zero attached hydrogens (tertiary/aromatic N) is 2. The van der Waals surface area contributed by atoms with Crippen molar-refractivity contribution in [2.75, 3.05) is 37.2 Å². The Bertz CT molecular complexity index is 1630. The van der Waals surface area contributed by atoms with E-state index in [0.717, 1.165) is 58.8 Å². The van der Waals surface area contributed by atoms with Gasteiger partial charge in [-0.15, -0.1) is 0 Å². The highest BCUT2D eigenvalue weighted by Gasteiger charge is 2.39. The van der Waals surface area contributed by atoms with Crippen LogP contribution in [0, 0.1) is 0 Å². The summed E-state index contributed by atoms with van der Waals surface area (Å²) in [6, 6.07) is 15.5. The minimum absolute atomic E-state index is 0.145. The summed E-state index contributed by atoms with van der Waals surface area (Å²) in [7, 11) is -4.43. The van der Waals surface area contributed by atoms with Crippen LogP contribution in [0.4, 0.5) is 18.9 Å². The Kier molecular flexibility index (Phi) is 8.58. The summed E-state index contributed by atoms with van der Waals surface area (Å²) in [5, 5.41) is 3.07. The molecule has 0 spiro atoms. The first-order chi connectivity index (χ1) is 21.1. The number of alkyl halides is 3. The molecule has 1 fully saturated rings. The largest absolute Gasteiger partial charge is 0.493 e. The lowest BCUT2D eigenvalue weighted by Gasteiger charge is -2.38. The second-order valence-electron chi connectivity index (χ2n) is 11.4. The van der Waals surface area contributed by atoms with Crippen molar-refractivity contribution < 1.29 is 35.9 Å². The molecular weight excluding hydrogens is 595 g/mol. The standard InChI is InChI=1S/C32H34F3N3O5S/c33-32(34,35)24-5-3-6-26(19-24)44(40,41)38-25(10-9-23-4-1-2-7-29(23)38)20-31(39)36-28-12-15-43-30-18-22(8-11-27(28)30)21-37-13-16-42-17-14-37/h1-8,11,18-19,25,28H,9-10,12-17,20-21H2,(H,36,39)/t25-,28+/m0/s1. The smallest absolute Gasteiger partial charge is 0.416 e. The van der Waals surface area contributed by atoms with Crippen molar-refractivity contribution in [3.05, 3.63) is 89.0 Å². The van der Waals surface area contributed by atoms with Gasteiger partial charge in [0.15, 0.2) is 0 Å². The molecule has 3 aliphatic heterocycles. The van der Waals surface area contributed by atoms with Gasteiger partial charge in [-0.3, -0.25) is 14.0 Å². The first-order valence-electron chi connectivity index (χ1n) is 14.7. The Labute approximate surface area is 254 Å². The number of hydrogen-bond donors (Lipinski definition) is 1. The van der Waals surface area contributed by atoms with E-state index in [1.807, 2.05) is 18.2 Å². The monoisotopic (exact) mass is 629 g/mol. The molecule has 8 nitrogen and oxygen atoms in total. The third-order valence-electron chi connectivity index (χ3n) is 8.41. The number of benzene rings is 3. The van der Waals surface area contributed by atoms with Gasteiger partial charge < -0.3 is 14.8 Å². The fourth-order valence-electron chi connectivity index (χ4n) is 6.20. The topological polar surface area (TPSA) is 88.2 Å². The molecule has 1 saturated heterocycles. The van der Waals surface area contributed by atoms with Crippen LogP contribution in [0.3, 0.4) is 0 Å². The molecule has 1 N–H and O–H groups in total. The number of halogens is 3. The van der Waals surface area contributed by atoms with E-state index in [9.17, 15) is 26.4 Å². The van der Waals surface area contributed by atoms with Gasteiger partial charge in [0, 0.05) is 38.0 Å². The summed E-state index contributed by atoms with van der Waals surface area (Å²) in [6.07, 6.45) is -3.41. The minimum Gasteiger partial charge on any atom is -0.493 e. The average Bonchev–Trinajstić information content (AvgIpc) is 3.01. The number of amides is 1. The zero-order valence-corrected chi connectivity index (χ0v) is 24.9. The molecule has 2 atom stereocenters. The first kappa shape index (κ1) is 30.4. The quantitative estimate of drug-likeness (QED) is 0.393. The SMILES string of the molecule is O=C(C[C@@H]1CCc2ccccc2N1S(=O)(=O)c1cccc(C(F)(F)F)c1)N[C@@H]1CCOc2cc(CN3CCOCC3)ccc21. The number of hydrogen-bond acceptors (Lipinski definition) is 6. The second-order valence-corrected chi connectivity index (χ2v) is 13.2. The number of rotatable bonds is 7. The summed E-state index contributed by atoms with van der Waals surface area (Å²) in [6.45, 7) is 4.34. The molecule has 234 valence electrons. The van der Waals surface area contributed by atoms with E-state index in [1.165, 1.54) is 0 Å². The number of sulfonamides is 1. The van der Waals surface area contributed by atoms with Gasteiger partial charge in [-0.2, -0.15) is 13.2 Å². The summed E-state index contributed by atoms with van der Waals surface area (Å²) >= 11 is 0. The van der Waals surface area contributed by atoms with Crippen molar-refractivity contribution in [2.45, 2.75) is 55.4 Å². The maximum Gasteiger partial charge on any atom is 0.416 e. The number of carbonyl (C=O) groups is 1. The summed E-state index contributed by atoms with van der Waals surface area (Å²) < 4.78 is 80.8. The molecule has 3 aromatic carbocycles. The number of anilines is 1. The van der Waals surface area contributed by atoms with Gasteiger partial charge in [0.25, 0.3) is 10.0 Å². The van der Waals surface area contributed by atoms with E-state index >= 15 is 0 Å². The minimum atomic E-state index is -4.70. The molecule has 44 heavy (non-hydrogen) atoms. The van der Waals surface area contributed by atoms with Crippen molar-refractivity contribution >= 4 is 21.6 Å². The van der Waals surface area contributed by atoms with Crippen LogP contribution in [0.15, 0.2) is 71.6 Å². The van der Waals surface area contributed by atoms with E-state index < -0.39 is 32.7 Å². The Morgan fingerprint density at radius 1 is 0.955 bits per heavy atom. The molecule has 0 aromatic heterocycles.